The molecule has 2 atom stereocenters. The summed E-state index contributed by atoms with van der Waals surface area (Å²) >= 11 is 0. The number of carbonyl (C=O) groups excluding carboxylic acids is 1. The maximum atomic E-state index is 12.0. The summed E-state index contributed by atoms with van der Waals surface area (Å²) in [4.78, 5) is 25.4. The van der Waals surface area contributed by atoms with Crippen molar-refractivity contribution in [3.8, 4) is 0 Å². The second kappa shape index (κ2) is 7.59. The van der Waals surface area contributed by atoms with Crippen molar-refractivity contribution in [2.24, 2.45) is 11.8 Å². The second-order valence-electron chi connectivity index (χ2n) is 5.58. The van der Waals surface area contributed by atoms with Gasteiger partial charge in [-0.1, -0.05) is 6.42 Å². The van der Waals surface area contributed by atoms with E-state index in [0.29, 0.717) is 19.4 Å². The first-order valence-corrected chi connectivity index (χ1v) is 7.49. The molecule has 2 unspecified atom stereocenters. The van der Waals surface area contributed by atoms with Gasteiger partial charge in [-0.15, -0.1) is 0 Å². The molecule has 1 saturated carbocycles. The number of rotatable bonds is 6. The maximum absolute atomic E-state index is 12.0. The number of hydrogen-bond donors (Lipinski definition) is 2. The van der Waals surface area contributed by atoms with Crippen molar-refractivity contribution >= 4 is 11.9 Å². The van der Waals surface area contributed by atoms with Crippen LogP contribution in [0.4, 0.5) is 0 Å². The minimum absolute atomic E-state index is 0.0862. The van der Waals surface area contributed by atoms with Crippen molar-refractivity contribution in [1.82, 2.24) is 10.2 Å². The molecule has 1 amide bonds. The molecule has 0 spiro atoms. The Hall–Kier alpha value is -1.14. The average molecular weight is 284 g/mol. The number of nitrogens with one attached hydrogen (secondary N) is 1. The number of morpholine rings is 1. The molecule has 1 aliphatic carbocycles. The van der Waals surface area contributed by atoms with Crippen LogP contribution in [0.15, 0.2) is 0 Å². The molecule has 0 aromatic rings. The lowest BCUT2D eigenvalue weighted by Gasteiger charge is -2.26. The van der Waals surface area contributed by atoms with Gasteiger partial charge in [-0.3, -0.25) is 14.5 Å². The molecule has 6 heteroatoms. The van der Waals surface area contributed by atoms with E-state index < -0.39 is 11.9 Å². The molecule has 2 N–H and O–H groups in total. The molecule has 114 valence electrons. The molecule has 2 rings (SSSR count). The third-order valence-electron chi connectivity index (χ3n) is 4.22. The van der Waals surface area contributed by atoms with Crippen LogP contribution in [-0.2, 0) is 14.3 Å². The minimum Gasteiger partial charge on any atom is -0.481 e. The Kier molecular flexibility index (Phi) is 5.79. The summed E-state index contributed by atoms with van der Waals surface area (Å²) in [5.74, 6) is -1.75. The number of carboxylic acid groups (broad SMARTS) is 1. The van der Waals surface area contributed by atoms with E-state index in [4.69, 9.17) is 9.84 Å². The smallest absolute Gasteiger partial charge is 0.307 e. The first-order valence-electron chi connectivity index (χ1n) is 7.49. The Morgan fingerprint density at radius 3 is 2.60 bits per heavy atom. The Balaban J connectivity index is 1.63. The summed E-state index contributed by atoms with van der Waals surface area (Å²) in [5, 5.41) is 12.0. The van der Waals surface area contributed by atoms with Crippen LogP contribution in [0.5, 0.6) is 0 Å². The van der Waals surface area contributed by atoms with Crippen LogP contribution in [0.1, 0.15) is 25.7 Å². The highest BCUT2D eigenvalue weighted by Crippen LogP contribution is 2.31. The van der Waals surface area contributed by atoms with Gasteiger partial charge in [0.2, 0.25) is 5.91 Å². The summed E-state index contributed by atoms with van der Waals surface area (Å²) in [6, 6.07) is 0. The molecule has 1 saturated heterocycles. The number of carbonyl (C=O) groups is 2. The van der Waals surface area contributed by atoms with Gasteiger partial charge in [-0.25, -0.2) is 0 Å². The van der Waals surface area contributed by atoms with Crippen LogP contribution in [0, 0.1) is 11.8 Å². The molecule has 20 heavy (non-hydrogen) atoms. The number of amides is 1. The monoisotopic (exact) mass is 284 g/mol. The van der Waals surface area contributed by atoms with E-state index in [1.54, 1.807) is 0 Å². The van der Waals surface area contributed by atoms with Crippen molar-refractivity contribution in [2.45, 2.75) is 25.7 Å². The Morgan fingerprint density at radius 1 is 1.20 bits per heavy atom. The number of carboxylic acids is 1. The molecule has 2 aliphatic rings. The van der Waals surface area contributed by atoms with Gasteiger partial charge >= 0.3 is 5.97 Å². The predicted molar refractivity (Wildman–Crippen MR) is 73.4 cm³/mol. The average Bonchev–Trinajstić information content (AvgIpc) is 2.94. The zero-order valence-electron chi connectivity index (χ0n) is 11.8. The summed E-state index contributed by atoms with van der Waals surface area (Å²) in [7, 11) is 0. The zero-order valence-corrected chi connectivity index (χ0v) is 11.8. The Bertz CT molecular complexity index is 342. The minimum atomic E-state index is -0.837. The normalized spacial score (nSPS) is 27.4. The van der Waals surface area contributed by atoms with Crippen molar-refractivity contribution in [2.75, 3.05) is 39.4 Å². The van der Waals surface area contributed by atoms with Crippen LogP contribution < -0.4 is 5.32 Å². The highest BCUT2D eigenvalue weighted by Gasteiger charge is 2.37. The molecule has 0 bridgehead atoms. The summed E-state index contributed by atoms with van der Waals surface area (Å²) < 4.78 is 5.28. The second-order valence-corrected chi connectivity index (χ2v) is 5.58. The number of hydrogen-bond acceptors (Lipinski definition) is 4. The molecular weight excluding hydrogens is 260 g/mol. The van der Waals surface area contributed by atoms with Crippen molar-refractivity contribution in [1.29, 1.82) is 0 Å². The van der Waals surface area contributed by atoms with E-state index in [1.807, 2.05) is 0 Å². The third-order valence-corrected chi connectivity index (χ3v) is 4.22. The van der Waals surface area contributed by atoms with Gasteiger partial charge in [0.25, 0.3) is 0 Å². The molecule has 0 radical (unpaired) electrons. The summed E-state index contributed by atoms with van der Waals surface area (Å²) in [6.07, 6.45) is 3.06. The number of ether oxygens (including phenoxy) is 1. The van der Waals surface area contributed by atoms with Gasteiger partial charge in [0.05, 0.1) is 25.0 Å². The van der Waals surface area contributed by atoms with Crippen LogP contribution in [-0.4, -0.2) is 61.3 Å². The molecule has 1 aliphatic heterocycles. The maximum Gasteiger partial charge on any atom is 0.307 e. The molecule has 6 nitrogen and oxygen atoms in total. The Morgan fingerprint density at radius 2 is 1.90 bits per heavy atom. The standard InChI is InChI=1S/C14H24N2O4/c17-13(11-3-1-4-12(11)14(18)19)15-5-2-6-16-7-9-20-10-8-16/h11-12H,1-10H2,(H,15,17)(H,18,19). The number of aliphatic carboxylic acids is 1. The Labute approximate surface area is 119 Å². The van der Waals surface area contributed by atoms with Crippen LogP contribution >= 0.6 is 0 Å². The molecular formula is C14H24N2O4. The van der Waals surface area contributed by atoms with Gasteiger partial charge in [0, 0.05) is 19.6 Å². The number of nitrogens with zero attached hydrogens (tertiary/aromatic N) is 1. The van der Waals surface area contributed by atoms with Crippen molar-refractivity contribution in [3.63, 3.8) is 0 Å². The highest BCUT2D eigenvalue weighted by molar-refractivity contribution is 5.85. The van der Waals surface area contributed by atoms with E-state index in [1.165, 1.54) is 0 Å². The fourth-order valence-electron chi connectivity index (χ4n) is 3.04. The lowest BCUT2D eigenvalue weighted by Crippen LogP contribution is -2.39. The summed E-state index contributed by atoms with van der Waals surface area (Å²) in [5.41, 5.74) is 0. The molecule has 1 heterocycles. The topological polar surface area (TPSA) is 78.9 Å². The van der Waals surface area contributed by atoms with Crippen LogP contribution in [0.25, 0.3) is 0 Å². The zero-order chi connectivity index (χ0) is 14.4. The quantitative estimate of drug-likeness (QED) is 0.687. The third kappa shape index (κ3) is 4.18. The van der Waals surface area contributed by atoms with E-state index in [2.05, 4.69) is 10.2 Å². The molecule has 0 aromatic heterocycles. The van der Waals surface area contributed by atoms with Gasteiger partial charge in [0.15, 0.2) is 0 Å². The highest BCUT2D eigenvalue weighted by atomic mass is 16.5. The van der Waals surface area contributed by atoms with E-state index in [9.17, 15) is 9.59 Å². The van der Waals surface area contributed by atoms with Crippen LogP contribution in [0.2, 0.25) is 0 Å². The first kappa shape index (κ1) is 15.3. The predicted octanol–water partition coefficient (Wildman–Crippen LogP) is 0.326. The summed E-state index contributed by atoms with van der Waals surface area (Å²) in [6.45, 7) is 5.06. The lowest BCUT2D eigenvalue weighted by molar-refractivity contribution is -0.146. The lowest BCUT2D eigenvalue weighted by atomic mass is 9.95. The SMILES string of the molecule is O=C(O)C1CCCC1C(=O)NCCCN1CCOCC1. The fourth-order valence-corrected chi connectivity index (χ4v) is 3.04. The van der Waals surface area contributed by atoms with Gasteiger partial charge in [0.1, 0.15) is 0 Å². The van der Waals surface area contributed by atoms with Gasteiger partial charge < -0.3 is 15.2 Å². The van der Waals surface area contributed by atoms with Crippen molar-refractivity contribution in [3.05, 3.63) is 0 Å². The van der Waals surface area contributed by atoms with Crippen molar-refractivity contribution < 1.29 is 19.4 Å². The van der Waals surface area contributed by atoms with Gasteiger partial charge in [-0.2, -0.15) is 0 Å². The molecule has 2 fully saturated rings. The van der Waals surface area contributed by atoms with Gasteiger partial charge in [-0.05, 0) is 25.8 Å². The van der Waals surface area contributed by atoms with Crippen LogP contribution in [0.3, 0.4) is 0 Å². The molecule has 0 aromatic carbocycles. The fraction of sp³-hybridized carbons (Fsp3) is 0.857. The van der Waals surface area contributed by atoms with E-state index >= 15 is 0 Å². The van der Waals surface area contributed by atoms with E-state index in [-0.39, 0.29) is 11.8 Å². The largest absolute Gasteiger partial charge is 0.481 e. The van der Waals surface area contributed by atoms with E-state index in [0.717, 1.165) is 45.7 Å². The first-order chi connectivity index (χ1) is 9.68.